The largest absolute Gasteiger partial charge is 0.456 e. The van der Waals surface area contributed by atoms with Crippen molar-refractivity contribution in [3.8, 4) is 33.4 Å². The first kappa shape index (κ1) is 46.9. The Morgan fingerprint density at radius 2 is 0.529 bits per heavy atom. The highest BCUT2D eigenvalue weighted by atomic mass is 16.3. The topological polar surface area (TPSA) is 13.1 Å². The molecule has 0 bridgehead atoms. The minimum atomic E-state index is 0.928. The van der Waals surface area contributed by atoms with Crippen LogP contribution in [0.2, 0.25) is 0 Å². The first-order valence-corrected chi connectivity index (χ1v) is 25.0. The molecule has 0 aliphatic rings. The fourth-order valence-electron chi connectivity index (χ4n) is 13.3. The van der Waals surface area contributed by atoms with Crippen LogP contribution in [-0.2, 0) is 0 Å². The van der Waals surface area contributed by atoms with Crippen molar-refractivity contribution < 1.29 is 4.42 Å². The van der Waals surface area contributed by atoms with Crippen LogP contribution in [0.15, 0.2) is 46.9 Å². The van der Waals surface area contributed by atoms with E-state index >= 15 is 0 Å². The van der Waals surface area contributed by atoms with Crippen molar-refractivity contribution in [1.82, 2.24) is 0 Å². The van der Waals surface area contributed by atoms with Crippen LogP contribution in [-0.4, -0.2) is 165 Å². The van der Waals surface area contributed by atoms with Gasteiger partial charge in [0.05, 0.1) is 0 Å². The van der Waals surface area contributed by atoms with E-state index in [0.717, 1.165) is 21.9 Å². The Kier molecular flexibility index (Phi) is 11.1. The Hall–Kier alpha value is -4.82. The van der Waals surface area contributed by atoms with E-state index in [1.54, 1.807) is 0 Å². The van der Waals surface area contributed by atoms with Gasteiger partial charge in [-0.3, -0.25) is 0 Å². The summed E-state index contributed by atoms with van der Waals surface area (Å²) in [4.78, 5) is 0. The smallest absolute Gasteiger partial charge is 0.140 e. The van der Waals surface area contributed by atoms with Crippen molar-refractivity contribution in [2.75, 3.05) is 0 Å². The molecule has 10 rings (SSSR count). The van der Waals surface area contributed by atoms with Crippen LogP contribution in [0.3, 0.4) is 0 Å². The average molecular weight is 845 g/mol. The SMILES string of the molecule is Bc1c(B)c(B)c2c(B)c(-c3c(B)c(B)c(-c4c5c(B)c(B)c(B)c(B)c5c(-c5ccc6oc7ccccc7c6c5)c5c(B)c(B)c(B)c(B)c45)c4c(B)c(B)c(B)c(B)c34)c(B)c(B)c2c1B. The highest BCUT2D eigenvalue weighted by molar-refractivity contribution is 6.76. The van der Waals surface area contributed by atoms with Gasteiger partial charge >= 0.3 is 0 Å². The molecule has 302 valence electrons. The van der Waals surface area contributed by atoms with Gasteiger partial charge in [0.15, 0.2) is 0 Å². The molecule has 1 heterocycles. The van der Waals surface area contributed by atoms with E-state index in [1.807, 2.05) is 0 Å². The minimum absolute atomic E-state index is 0.928. The van der Waals surface area contributed by atoms with Gasteiger partial charge in [0.25, 0.3) is 0 Å². The summed E-state index contributed by atoms with van der Waals surface area (Å²) >= 11 is 0. The zero-order chi connectivity index (χ0) is 49.2. The van der Waals surface area contributed by atoms with Crippen LogP contribution in [0, 0.1) is 0 Å². The van der Waals surface area contributed by atoms with E-state index in [0.29, 0.717) is 0 Å². The normalized spacial score (nSPS) is 11.9. The van der Waals surface area contributed by atoms with Crippen LogP contribution >= 0.6 is 0 Å². The van der Waals surface area contributed by atoms with E-state index in [1.165, 1.54) is 191 Å². The van der Waals surface area contributed by atoms with Crippen LogP contribution in [0.5, 0.6) is 0 Å². The molecule has 0 spiro atoms. The maximum Gasteiger partial charge on any atom is 0.140 e. The Balaban J connectivity index is 1.50. The van der Waals surface area contributed by atoms with Crippen LogP contribution in [0.1, 0.15) is 0 Å². The van der Waals surface area contributed by atoms with Gasteiger partial charge in [-0.15, -0.1) is 43.7 Å². The Labute approximate surface area is 422 Å². The number of furan rings is 1. The number of para-hydroxylation sites is 1. The lowest BCUT2D eigenvalue weighted by atomic mass is 9.55. The number of benzene rings is 9. The molecule has 0 fully saturated rings. The van der Waals surface area contributed by atoms with Gasteiger partial charge in [0, 0.05) is 10.8 Å². The van der Waals surface area contributed by atoms with Gasteiger partial charge in [-0.2, -0.15) is 0 Å². The monoisotopic (exact) mass is 849 g/mol. The van der Waals surface area contributed by atoms with Crippen LogP contribution in [0.25, 0.3) is 98.4 Å². The van der Waals surface area contributed by atoms with E-state index in [4.69, 9.17) is 4.42 Å². The molecule has 1 nitrogen and oxygen atoms in total. The molecule has 10 aromatic rings. The zero-order valence-corrected chi connectivity index (χ0v) is 44.9. The third-order valence-corrected chi connectivity index (χ3v) is 18.8. The van der Waals surface area contributed by atoms with Crippen molar-refractivity contribution in [2.24, 2.45) is 0 Å². The molecule has 0 amide bonds. The molecule has 0 saturated carbocycles. The van der Waals surface area contributed by atoms with E-state index in [2.05, 4.69) is 207 Å². The lowest BCUT2D eigenvalue weighted by molar-refractivity contribution is 0.669. The standard InChI is InChI=1S/C46H49B21O/c47-26-23(35(56)36(57)25-24(26)37(58)45(66)46(67)38(25)59)22-21-20(33(54)43(64)44(65)34(21)55)19(27(48)28(22)49)14-17-15(29(50)39(60)41(62)31(17)52)13(16-18(14)32(53)42(63)40(61)30(16)51)8-5-6-12-10(7-8)9-3-1-2-4-11(9)68-12/h1-7H,47-67H2. The molecule has 9 aromatic carbocycles. The third kappa shape index (κ3) is 6.06. The molecule has 0 aliphatic carbocycles. The molecule has 0 saturated heterocycles. The maximum absolute atomic E-state index is 6.46. The van der Waals surface area contributed by atoms with Crippen LogP contribution < -0.4 is 115 Å². The fraction of sp³-hybridized carbons (Fsp3) is 0. The first-order valence-electron chi connectivity index (χ1n) is 25.0. The molecule has 0 radical (unpaired) electrons. The summed E-state index contributed by atoms with van der Waals surface area (Å²) in [5, 5.41) is 13.5. The van der Waals surface area contributed by atoms with Crippen LogP contribution in [0.4, 0.5) is 0 Å². The van der Waals surface area contributed by atoms with Gasteiger partial charge < -0.3 is 4.42 Å². The second-order valence-electron chi connectivity index (χ2n) is 21.3. The summed E-state index contributed by atoms with van der Waals surface area (Å²) in [5.74, 6) is 0. The lowest BCUT2D eigenvalue weighted by Crippen LogP contribution is -2.53. The number of fused-ring (bicyclic) bond motifs is 7. The number of hydrogen-bond acceptors (Lipinski definition) is 1. The second-order valence-corrected chi connectivity index (χ2v) is 21.3. The first-order chi connectivity index (χ1) is 32.1. The highest BCUT2D eigenvalue weighted by Gasteiger charge is 2.31. The van der Waals surface area contributed by atoms with E-state index in [-0.39, 0.29) is 0 Å². The predicted molar refractivity (Wildman–Crippen MR) is 372 cm³/mol. The molecule has 1 aromatic heterocycles. The molecule has 0 N–H and O–H groups in total. The second kappa shape index (κ2) is 16.1. The molecule has 68 heavy (non-hydrogen) atoms. The highest BCUT2D eigenvalue weighted by Crippen LogP contribution is 2.43. The zero-order valence-electron chi connectivity index (χ0n) is 44.9. The Bertz CT molecular complexity index is 3960. The molecule has 0 unspecified atom stereocenters. The fourth-order valence-corrected chi connectivity index (χ4v) is 13.3. The lowest BCUT2D eigenvalue weighted by Gasteiger charge is -2.32. The van der Waals surface area contributed by atoms with Crippen molar-refractivity contribution in [3.05, 3.63) is 42.5 Å². The minimum Gasteiger partial charge on any atom is -0.456 e. The van der Waals surface area contributed by atoms with Crippen molar-refractivity contribution in [1.29, 1.82) is 0 Å². The molecular formula is C46H49B21O. The summed E-state index contributed by atoms with van der Waals surface area (Å²) in [6.45, 7) is 0. The summed E-state index contributed by atoms with van der Waals surface area (Å²) in [7, 11) is 50.0. The predicted octanol–water partition coefficient (Wildman–Crippen LogP) is -23.4. The maximum atomic E-state index is 6.46. The Morgan fingerprint density at radius 3 is 0.971 bits per heavy atom. The Morgan fingerprint density at radius 1 is 0.221 bits per heavy atom. The molecule has 0 aliphatic heterocycles. The molecule has 22 heteroatoms. The van der Waals surface area contributed by atoms with Gasteiger partial charge in [-0.25, -0.2) is 0 Å². The molecular weight excluding hydrogens is 796 g/mol. The van der Waals surface area contributed by atoms with Crippen molar-refractivity contribution in [2.45, 2.75) is 0 Å². The number of hydrogen-bond donors (Lipinski definition) is 0. The van der Waals surface area contributed by atoms with E-state index < -0.39 is 0 Å². The average Bonchev–Trinajstić information content (AvgIpc) is 3.70. The third-order valence-electron chi connectivity index (χ3n) is 18.8. The van der Waals surface area contributed by atoms with Gasteiger partial charge in [-0.05, 0) is 94.7 Å². The number of rotatable bonds is 3. The van der Waals surface area contributed by atoms with Gasteiger partial charge in [0.2, 0.25) is 0 Å². The van der Waals surface area contributed by atoms with Crippen molar-refractivity contribution >= 4 is 345 Å². The summed E-state index contributed by atoms with van der Waals surface area (Å²) < 4.78 is 6.46. The summed E-state index contributed by atoms with van der Waals surface area (Å²) in [6, 6.07) is 15.5. The summed E-state index contributed by atoms with van der Waals surface area (Å²) in [6.07, 6.45) is 0. The molecule has 0 atom stereocenters. The van der Waals surface area contributed by atoms with Crippen molar-refractivity contribution in [3.63, 3.8) is 0 Å². The van der Waals surface area contributed by atoms with Gasteiger partial charge in [-0.1, -0.05) is 95.3 Å². The van der Waals surface area contributed by atoms with Gasteiger partial charge in [0.1, 0.15) is 176 Å². The summed E-state index contributed by atoms with van der Waals surface area (Å²) in [5.41, 5.74) is 39.1. The van der Waals surface area contributed by atoms with E-state index in [9.17, 15) is 0 Å². The quantitative estimate of drug-likeness (QED) is 0.128.